The lowest BCUT2D eigenvalue weighted by molar-refractivity contribution is -0.0552. The average molecular weight is 338 g/mol. The van der Waals surface area contributed by atoms with E-state index in [4.69, 9.17) is 14.5 Å². The van der Waals surface area contributed by atoms with Crippen LogP contribution in [0, 0.1) is 6.92 Å². The molecule has 1 aliphatic heterocycles. The number of phosphoric acid groups is 1. The molecule has 1 fully saturated rings. The molecule has 0 aromatic carbocycles. The Hall–Kier alpha value is -1.33. The van der Waals surface area contributed by atoms with Crippen molar-refractivity contribution >= 4 is 7.82 Å². The van der Waals surface area contributed by atoms with Gasteiger partial charge in [0.2, 0.25) is 0 Å². The predicted molar refractivity (Wildman–Crippen MR) is 70.0 cm³/mol. The van der Waals surface area contributed by atoms with Crippen molar-refractivity contribution in [3.63, 3.8) is 0 Å². The smallest absolute Gasteiger partial charge is 0.387 e. The first kappa shape index (κ1) is 17.0. The Labute approximate surface area is 123 Å². The normalized spacial score (nSPS) is 29.0. The topological polar surface area (TPSA) is 171 Å². The van der Waals surface area contributed by atoms with Crippen LogP contribution in [-0.4, -0.2) is 54.5 Å². The summed E-state index contributed by atoms with van der Waals surface area (Å²) in [5.41, 5.74) is -1.30. The minimum absolute atomic E-state index is 0.182. The molecule has 2 unspecified atom stereocenters. The molecule has 1 aliphatic rings. The van der Waals surface area contributed by atoms with E-state index in [-0.39, 0.29) is 5.69 Å². The van der Waals surface area contributed by atoms with E-state index in [0.29, 0.717) is 0 Å². The van der Waals surface area contributed by atoms with Crippen molar-refractivity contribution in [2.75, 3.05) is 6.61 Å². The van der Waals surface area contributed by atoms with Crippen molar-refractivity contribution in [1.82, 2.24) is 9.55 Å². The minimum Gasteiger partial charge on any atom is -0.387 e. The van der Waals surface area contributed by atoms with Crippen molar-refractivity contribution in [2.24, 2.45) is 0 Å². The summed E-state index contributed by atoms with van der Waals surface area (Å²) < 4.78 is 21.0. The number of aromatic amines is 1. The molecule has 4 atom stereocenters. The fourth-order valence-electron chi connectivity index (χ4n) is 2.19. The molecule has 5 N–H and O–H groups in total. The third-order valence-electron chi connectivity index (χ3n) is 3.17. The maximum atomic E-state index is 11.8. The van der Waals surface area contributed by atoms with Gasteiger partial charge in [-0.05, 0) is 6.92 Å². The number of aryl methyl sites for hydroxylation is 1. The van der Waals surface area contributed by atoms with Gasteiger partial charge in [-0.3, -0.25) is 18.9 Å². The first-order valence-electron chi connectivity index (χ1n) is 6.14. The lowest BCUT2D eigenvalue weighted by Crippen LogP contribution is -2.39. The summed E-state index contributed by atoms with van der Waals surface area (Å²) in [7, 11) is -4.77. The SMILES string of the molecule is Cc1cc(=O)[nH]c(=O)n1[C@H]1O[C@@H](COP(=O)(O)O)C(O)C1O. The van der Waals surface area contributed by atoms with Crippen molar-refractivity contribution < 1.29 is 33.8 Å². The number of nitrogens with zero attached hydrogens (tertiary/aromatic N) is 1. The Bertz CT molecular complexity index is 707. The van der Waals surface area contributed by atoms with E-state index in [1.54, 1.807) is 0 Å². The lowest BCUT2D eigenvalue weighted by atomic mass is 10.1. The molecule has 0 spiro atoms. The van der Waals surface area contributed by atoms with Crippen LogP contribution >= 0.6 is 7.82 Å². The quantitative estimate of drug-likeness (QED) is 0.374. The van der Waals surface area contributed by atoms with Gasteiger partial charge in [-0.2, -0.15) is 0 Å². The fourth-order valence-corrected chi connectivity index (χ4v) is 2.53. The van der Waals surface area contributed by atoms with E-state index in [9.17, 15) is 24.4 Å². The van der Waals surface area contributed by atoms with E-state index < -0.39 is 50.2 Å². The largest absolute Gasteiger partial charge is 0.469 e. The van der Waals surface area contributed by atoms with Gasteiger partial charge in [-0.1, -0.05) is 0 Å². The number of aliphatic hydroxyl groups is 2. The van der Waals surface area contributed by atoms with Gasteiger partial charge < -0.3 is 24.7 Å². The van der Waals surface area contributed by atoms with Crippen molar-refractivity contribution in [3.8, 4) is 0 Å². The number of rotatable bonds is 4. The molecule has 0 aliphatic carbocycles. The van der Waals surface area contributed by atoms with Gasteiger partial charge in [0.15, 0.2) is 6.23 Å². The van der Waals surface area contributed by atoms with Gasteiger partial charge in [0.25, 0.3) is 5.56 Å². The molecule has 1 aromatic heterocycles. The minimum atomic E-state index is -4.77. The number of nitrogens with one attached hydrogen (secondary N) is 1. The summed E-state index contributed by atoms with van der Waals surface area (Å²) in [5.74, 6) is 0. The third kappa shape index (κ3) is 3.52. The van der Waals surface area contributed by atoms with Gasteiger partial charge in [0.05, 0.1) is 6.61 Å². The molecule has 2 rings (SSSR count). The Morgan fingerprint density at radius 3 is 2.55 bits per heavy atom. The van der Waals surface area contributed by atoms with Crippen molar-refractivity contribution in [2.45, 2.75) is 31.5 Å². The van der Waals surface area contributed by atoms with Crippen LogP contribution in [0.3, 0.4) is 0 Å². The maximum absolute atomic E-state index is 11.8. The van der Waals surface area contributed by atoms with Crippen LogP contribution in [0.2, 0.25) is 0 Å². The lowest BCUT2D eigenvalue weighted by Gasteiger charge is -2.19. The van der Waals surface area contributed by atoms with Gasteiger partial charge in [-0.15, -0.1) is 0 Å². The summed E-state index contributed by atoms with van der Waals surface area (Å²) in [6, 6.07) is 1.10. The van der Waals surface area contributed by atoms with E-state index in [2.05, 4.69) is 4.52 Å². The van der Waals surface area contributed by atoms with Crippen LogP contribution in [0.5, 0.6) is 0 Å². The van der Waals surface area contributed by atoms with Crippen LogP contribution in [-0.2, 0) is 13.8 Å². The number of hydrogen-bond donors (Lipinski definition) is 5. The molecule has 0 saturated carbocycles. The first-order valence-corrected chi connectivity index (χ1v) is 7.67. The molecule has 12 heteroatoms. The number of phosphoric ester groups is 1. The Morgan fingerprint density at radius 2 is 2.00 bits per heavy atom. The van der Waals surface area contributed by atoms with Crippen molar-refractivity contribution in [3.05, 3.63) is 32.6 Å². The first-order chi connectivity index (χ1) is 10.1. The third-order valence-corrected chi connectivity index (χ3v) is 3.65. The summed E-state index contributed by atoms with van der Waals surface area (Å²) >= 11 is 0. The van der Waals surface area contributed by atoms with Gasteiger partial charge in [0, 0.05) is 11.8 Å². The number of aliphatic hydroxyl groups excluding tert-OH is 2. The van der Waals surface area contributed by atoms with Crippen LogP contribution in [0.1, 0.15) is 11.9 Å². The summed E-state index contributed by atoms with van der Waals surface area (Å²) in [4.78, 5) is 42.2. The summed E-state index contributed by atoms with van der Waals surface area (Å²) in [5, 5.41) is 19.8. The Morgan fingerprint density at radius 1 is 1.36 bits per heavy atom. The molecule has 22 heavy (non-hydrogen) atoms. The van der Waals surface area contributed by atoms with Crippen LogP contribution in [0.15, 0.2) is 15.7 Å². The van der Waals surface area contributed by atoms with Gasteiger partial charge in [0.1, 0.15) is 18.3 Å². The molecule has 11 nitrogen and oxygen atoms in total. The Balaban J connectivity index is 2.26. The molecule has 0 amide bonds. The number of H-pyrrole nitrogens is 1. The highest BCUT2D eigenvalue weighted by Crippen LogP contribution is 2.38. The second-order valence-electron chi connectivity index (χ2n) is 4.78. The zero-order valence-corrected chi connectivity index (χ0v) is 12.2. The Kier molecular flexibility index (Phi) is 4.68. The predicted octanol–water partition coefficient (Wildman–Crippen LogP) is -2.43. The molecule has 0 radical (unpaired) electrons. The van der Waals surface area contributed by atoms with E-state index in [0.717, 1.165) is 10.6 Å². The summed E-state index contributed by atoms with van der Waals surface area (Å²) in [6.07, 6.45) is -5.67. The molecular weight excluding hydrogens is 323 g/mol. The van der Waals surface area contributed by atoms with E-state index in [1.165, 1.54) is 6.92 Å². The molecule has 1 saturated heterocycles. The second kappa shape index (κ2) is 6.05. The highest BCUT2D eigenvalue weighted by atomic mass is 31.2. The molecule has 0 bridgehead atoms. The van der Waals surface area contributed by atoms with Crippen LogP contribution in [0.4, 0.5) is 0 Å². The van der Waals surface area contributed by atoms with Crippen LogP contribution < -0.4 is 11.2 Å². The number of hydrogen-bond acceptors (Lipinski definition) is 7. The molecular formula is C10H15N2O9P. The zero-order chi connectivity index (χ0) is 16.7. The molecule has 2 heterocycles. The highest BCUT2D eigenvalue weighted by molar-refractivity contribution is 7.46. The van der Waals surface area contributed by atoms with Crippen LogP contribution in [0.25, 0.3) is 0 Å². The van der Waals surface area contributed by atoms with Gasteiger partial charge >= 0.3 is 13.5 Å². The number of ether oxygens (including phenoxy) is 1. The van der Waals surface area contributed by atoms with E-state index in [1.807, 2.05) is 4.98 Å². The highest BCUT2D eigenvalue weighted by Gasteiger charge is 2.45. The standard InChI is InChI=1S/C10H15N2O9P/c1-4-2-6(13)11-10(16)12(4)9-8(15)7(14)5(21-9)3-20-22(17,18)19/h2,5,7-9,14-15H,3H2,1H3,(H,11,13,16)(H2,17,18,19)/t5-,7?,8?,9-/m0/s1. The van der Waals surface area contributed by atoms with Gasteiger partial charge in [-0.25, -0.2) is 9.36 Å². The second-order valence-corrected chi connectivity index (χ2v) is 6.02. The fraction of sp³-hybridized carbons (Fsp3) is 0.600. The molecule has 124 valence electrons. The molecule has 1 aromatic rings. The summed E-state index contributed by atoms with van der Waals surface area (Å²) in [6.45, 7) is 0.745. The zero-order valence-electron chi connectivity index (χ0n) is 11.3. The average Bonchev–Trinajstić information content (AvgIpc) is 2.63. The monoisotopic (exact) mass is 338 g/mol. The number of aromatic nitrogens is 2. The maximum Gasteiger partial charge on any atom is 0.469 e. The van der Waals surface area contributed by atoms with E-state index >= 15 is 0 Å². The van der Waals surface area contributed by atoms with Crippen molar-refractivity contribution in [1.29, 1.82) is 0 Å².